The zero-order valence-electron chi connectivity index (χ0n) is 8.24. The third-order valence-corrected chi connectivity index (χ3v) is 2.33. The quantitative estimate of drug-likeness (QED) is 0.787. The molecule has 90 valence electrons. The first-order valence-corrected chi connectivity index (χ1v) is 4.52. The fourth-order valence-electron chi connectivity index (χ4n) is 1.28. The fourth-order valence-corrected chi connectivity index (χ4v) is 1.44. The van der Waals surface area contributed by atoms with Crippen LogP contribution in [0.3, 0.4) is 0 Å². The van der Waals surface area contributed by atoms with E-state index in [4.69, 9.17) is 22.4 Å². The molecule has 5 N–H and O–H groups in total. The molecule has 1 aromatic carbocycles. The maximum Gasteiger partial charge on any atom is 0.358 e. The van der Waals surface area contributed by atoms with Gasteiger partial charge in [-0.2, -0.15) is 0 Å². The van der Waals surface area contributed by atoms with Gasteiger partial charge in [-0.25, -0.2) is 9.18 Å². The van der Waals surface area contributed by atoms with E-state index in [0.717, 1.165) is 6.07 Å². The van der Waals surface area contributed by atoms with E-state index in [2.05, 4.69) is 10.2 Å². The molecule has 0 spiro atoms. The average molecular weight is 260 g/mol. The van der Waals surface area contributed by atoms with Gasteiger partial charge in [0.2, 0.25) is 0 Å². The normalized spacial score (nSPS) is 10.0. The van der Waals surface area contributed by atoms with Crippen molar-refractivity contribution in [3.8, 4) is 0 Å². The first kappa shape index (κ1) is 13.1. The second-order valence-corrected chi connectivity index (χ2v) is 3.46. The minimum absolute atomic E-state index is 0. The molecule has 0 amide bonds. The van der Waals surface area contributed by atoms with E-state index in [9.17, 15) is 9.18 Å². The van der Waals surface area contributed by atoms with Crippen molar-refractivity contribution < 1.29 is 19.8 Å². The van der Waals surface area contributed by atoms with Gasteiger partial charge in [0.25, 0.3) is 0 Å². The highest BCUT2D eigenvalue weighted by Crippen LogP contribution is 2.26. The molecule has 0 fully saturated rings. The van der Waals surface area contributed by atoms with E-state index in [1.807, 2.05) is 0 Å². The van der Waals surface area contributed by atoms with Crippen molar-refractivity contribution in [3.63, 3.8) is 0 Å². The molecular formula is C9H7ClFN3O3. The van der Waals surface area contributed by atoms with Crippen LogP contribution in [-0.2, 0) is 0 Å². The SMILES string of the molecule is Nc1c(C(=O)O)nnc2cc(Cl)c(F)cc12.O. The molecule has 0 atom stereocenters. The third-order valence-electron chi connectivity index (χ3n) is 2.04. The summed E-state index contributed by atoms with van der Waals surface area (Å²) in [7, 11) is 0. The Bertz CT molecular complexity index is 606. The van der Waals surface area contributed by atoms with Crippen molar-refractivity contribution in [3.05, 3.63) is 28.7 Å². The Balaban J connectivity index is 0.00000144. The van der Waals surface area contributed by atoms with Crippen LogP contribution in [0.2, 0.25) is 5.02 Å². The highest BCUT2D eigenvalue weighted by Gasteiger charge is 2.15. The van der Waals surface area contributed by atoms with Gasteiger partial charge in [-0.05, 0) is 12.1 Å². The number of carbonyl (C=O) groups is 1. The molecular weight excluding hydrogens is 253 g/mol. The second-order valence-electron chi connectivity index (χ2n) is 3.05. The maximum absolute atomic E-state index is 13.2. The molecule has 2 aromatic rings. The Hall–Kier alpha value is -1.99. The molecule has 6 nitrogen and oxygen atoms in total. The highest BCUT2D eigenvalue weighted by atomic mass is 35.5. The van der Waals surface area contributed by atoms with Gasteiger partial charge >= 0.3 is 5.97 Å². The topological polar surface area (TPSA) is 121 Å². The minimum Gasteiger partial charge on any atom is -0.476 e. The number of aromatic carboxylic acids is 1. The van der Waals surface area contributed by atoms with Crippen LogP contribution in [0.4, 0.5) is 10.1 Å². The number of rotatable bonds is 1. The molecule has 0 aliphatic carbocycles. The molecule has 17 heavy (non-hydrogen) atoms. The predicted molar refractivity (Wildman–Crippen MR) is 59.5 cm³/mol. The number of fused-ring (bicyclic) bond motifs is 1. The van der Waals surface area contributed by atoms with E-state index in [1.54, 1.807) is 0 Å². The summed E-state index contributed by atoms with van der Waals surface area (Å²) in [4.78, 5) is 10.7. The van der Waals surface area contributed by atoms with E-state index in [1.165, 1.54) is 6.07 Å². The molecule has 0 aliphatic heterocycles. The van der Waals surface area contributed by atoms with Crippen LogP contribution < -0.4 is 5.73 Å². The lowest BCUT2D eigenvalue weighted by Gasteiger charge is -2.04. The molecule has 0 radical (unpaired) electrons. The first-order chi connectivity index (χ1) is 7.50. The van der Waals surface area contributed by atoms with Crippen LogP contribution in [0.1, 0.15) is 10.5 Å². The lowest BCUT2D eigenvalue weighted by Crippen LogP contribution is -2.08. The zero-order valence-corrected chi connectivity index (χ0v) is 8.99. The number of nitrogens with two attached hydrogens (primary N) is 1. The third kappa shape index (κ3) is 2.10. The summed E-state index contributed by atoms with van der Waals surface area (Å²) in [6.07, 6.45) is 0. The van der Waals surface area contributed by atoms with Crippen LogP contribution in [0.25, 0.3) is 10.9 Å². The maximum atomic E-state index is 13.2. The standard InChI is InChI=1S/C9H5ClFN3O2.H2O/c10-4-2-6-3(1-5(4)11)7(12)8(9(15)16)14-13-6;/h1-2H,(H2,12,13)(H,15,16);1H2. The predicted octanol–water partition coefficient (Wildman–Crippen LogP) is 0.878. The van der Waals surface area contributed by atoms with Gasteiger partial charge in [0, 0.05) is 5.39 Å². The van der Waals surface area contributed by atoms with Crippen LogP contribution in [0.15, 0.2) is 12.1 Å². The number of benzene rings is 1. The Kier molecular flexibility index (Phi) is 3.45. The first-order valence-electron chi connectivity index (χ1n) is 4.15. The smallest absolute Gasteiger partial charge is 0.358 e. The number of aromatic nitrogens is 2. The number of nitrogen functional groups attached to an aromatic ring is 1. The van der Waals surface area contributed by atoms with Gasteiger partial charge in [-0.3, -0.25) is 0 Å². The summed E-state index contributed by atoms with van der Waals surface area (Å²) < 4.78 is 13.2. The molecule has 1 aromatic heterocycles. The fraction of sp³-hybridized carbons (Fsp3) is 0. The van der Waals surface area contributed by atoms with Crippen LogP contribution in [0, 0.1) is 5.82 Å². The van der Waals surface area contributed by atoms with Crippen molar-refractivity contribution in [2.75, 3.05) is 5.73 Å². The second kappa shape index (κ2) is 4.48. The van der Waals surface area contributed by atoms with Gasteiger partial charge in [0.05, 0.1) is 16.2 Å². The minimum atomic E-state index is -1.32. The lowest BCUT2D eigenvalue weighted by atomic mass is 10.1. The number of carboxylic acid groups (broad SMARTS) is 1. The summed E-state index contributed by atoms with van der Waals surface area (Å²) in [6, 6.07) is 2.27. The number of carboxylic acids is 1. The van der Waals surface area contributed by atoms with Crippen LogP contribution in [-0.4, -0.2) is 26.7 Å². The number of hydrogen-bond acceptors (Lipinski definition) is 4. The molecule has 0 saturated carbocycles. The summed E-state index contributed by atoms with van der Waals surface area (Å²) in [5.41, 5.74) is 5.25. The van der Waals surface area contributed by atoms with Crippen LogP contribution >= 0.6 is 11.6 Å². The molecule has 0 aliphatic rings. The van der Waals surface area contributed by atoms with Crippen molar-refractivity contribution >= 4 is 34.2 Å². The summed E-state index contributed by atoms with van der Waals surface area (Å²) >= 11 is 5.54. The largest absolute Gasteiger partial charge is 0.476 e. The Morgan fingerprint density at radius 2 is 2.06 bits per heavy atom. The molecule has 8 heteroatoms. The van der Waals surface area contributed by atoms with Gasteiger partial charge in [0.15, 0.2) is 5.69 Å². The Morgan fingerprint density at radius 3 is 2.65 bits per heavy atom. The van der Waals surface area contributed by atoms with Crippen molar-refractivity contribution in [2.45, 2.75) is 0 Å². The number of nitrogens with zero attached hydrogens (tertiary/aromatic N) is 2. The van der Waals surface area contributed by atoms with Gasteiger partial charge in [-0.15, -0.1) is 10.2 Å². The Morgan fingerprint density at radius 1 is 1.41 bits per heavy atom. The molecule has 0 bridgehead atoms. The van der Waals surface area contributed by atoms with E-state index < -0.39 is 17.5 Å². The average Bonchev–Trinajstić information content (AvgIpc) is 2.21. The lowest BCUT2D eigenvalue weighted by molar-refractivity contribution is 0.0691. The monoisotopic (exact) mass is 259 g/mol. The Labute approximate surface area is 99.1 Å². The number of halogens is 2. The van der Waals surface area contributed by atoms with Crippen molar-refractivity contribution in [1.82, 2.24) is 10.2 Å². The molecule has 0 saturated heterocycles. The molecule has 0 unspecified atom stereocenters. The van der Waals surface area contributed by atoms with Crippen molar-refractivity contribution in [1.29, 1.82) is 0 Å². The summed E-state index contributed by atoms with van der Waals surface area (Å²) in [5.74, 6) is -2.01. The van der Waals surface area contributed by atoms with Gasteiger partial charge < -0.3 is 16.3 Å². The molecule has 2 rings (SSSR count). The summed E-state index contributed by atoms with van der Waals surface area (Å²) in [6.45, 7) is 0. The van der Waals surface area contributed by atoms with Crippen LogP contribution in [0.5, 0.6) is 0 Å². The highest BCUT2D eigenvalue weighted by molar-refractivity contribution is 6.31. The van der Waals surface area contributed by atoms with Crippen molar-refractivity contribution in [2.24, 2.45) is 0 Å². The van der Waals surface area contributed by atoms with E-state index in [0.29, 0.717) is 0 Å². The molecule has 1 heterocycles. The van der Waals surface area contributed by atoms with Gasteiger partial charge in [-0.1, -0.05) is 11.6 Å². The van der Waals surface area contributed by atoms with E-state index in [-0.39, 0.29) is 27.1 Å². The van der Waals surface area contributed by atoms with Gasteiger partial charge in [0.1, 0.15) is 5.82 Å². The summed E-state index contributed by atoms with van der Waals surface area (Å²) in [5, 5.41) is 15.8. The van der Waals surface area contributed by atoms with E-state index >= 15 is 0 Å². The zero-order chi connectivity index (χ0) is 11.9. The number of hydrogen-bond donors (Lipinski definition) is 2. The number of anilines is 1.